The molecular formula is C23H33N5O2. The van der Waals surface area contributed by atoms with E-state index in [1.807, 2.05) is 12.1 Å². The van der Waals surface area contributed by atoms with Crippen molar-refractivity contribution in [2.24, 2.45) is 5.92 Å². The summed E-state index contributed by atoms with van der Waals surface area (Å²) in [5, 5.41) is 0. The molecule has 0 amide bonds. The van der Waals surface area contributed by atoms with Gasteiger partial charge in [-0.3, -0.25) is 4.90 Å². The number of benzene rings is 1. The predicted molar refractivity (Wildman–Crippen MR) is 119 cm³/mol. The van der Waals surface area contributed by atoms with Gasteiger partial charge in [0, 0.05) is 45.8 Å². The molecule has 0 saturated carbocycles. The van der Waals surface area contributed by atoms with Gasteiger partial charge in [-0.05, 0) is 38.3 Å². The molecule has 5 rings (SSSR count). The maximum Gasteiger partial charge on any atom is 0.172 e. The fraction of sp³-hybridized carbons (Fsp3) is 0.652. The first-order chi connectivity index (χ1) is 14.7. The second kappa shape index (κ2) is 8.65. The number of aromatic nitrogens is 2. The zero-order valence-electron chi connectivity index (χ0n) is 18.2. The number of fused-ring (bicyclic) bond motifs is 1. The molecule has 3 aliphatic rings. The SMILES string of the molecule is CC1CN(c2nc3ccccc3nc2N2CCC(CN3CCOCC3)C2)CC(C)O1. The van der Waals surface area contributed by atoms with Gasteiger partial charge in [-0.1, -0.05) is 12.1 Å². The molecule has 7 heteroatoms. The lowest BCUT2D eigenvalue weighted by molar-refractivity contribution is -0.00542. The highest BCUT2D eigenvalue weighted by Crippen LogP contribution is 2.33. The number of hydrogen-bond donors (Lipinski definition) is 0. The van der Waals surface area contributed by atoms with Crippen LogP contribution in [0, 0.1) is 5.92 Å². The van der Waals surface area contributed by atoms with Gasteiger partial charge in [0.2, 0.25) is 0 Å². The highest BCUT2D eigenvalue weighted by Gasteiger charge is 2.31. The number of rotatable bonds is 4. The molecule has 0 N–H and O–H groups in total. The first-order valence-electron chi connectivity index (χ1n) is 11.4. The fourth-order valence-corrected chi connectivity index (χ4v) is 5.08. The van der Waals surface area contributed by atoms with E-state index in [1.165, 1.54) is 6.42 Å². The molecule has 1 aromatic heterocycles. The van der Waals surface area contributed by atoms with Crippen LogP contribution in [0.2, 0.25) is 0 Å². The number of nitrogens with zero attached hydrogens (tertiary/aromatic N) is 5. The Kier molecular flexibility index (Phi) is 5.76. The Labute approximate surface area is 179 Å². The normalized spacial score (nSPS) is 28.4. The summed E-state index contributed by atoms with van der Waals surface area (Å²) in [5.74, 6) is 2.73. The van der Waals surface area contributed by atoms with E-state index < -0.39 is 0 Å². The molecular weight excluding hydrogens is 378 g/mol. The van der Waals surface area contributed by atoms with Crippen molar-refractivity contribution in [1.29, 1.82) is 0 Å². The van der Waals surface area contributed by atoms with E-state index >= 15 is 0 Å². The summed E-state index contributed by atoms with van der Waals surface area (Å²) in [5.41, 5.74) is 1.94. The number of morpholine rings is 2. The Balaban J connectivity index is 1.41. The molecule has 3 aliphatic heterocycles. The van der Waals surface area contributed by atoms with Gasteiger partial charge in [-0.15, -0.1) is 0 Å². The third-order valence-corrected chi connectivity index (χ3v) is 6.46. The largest absolute Gasteiger partial charge is 0.379 e. The lowest BCUT2D eigenvalue weighted by Gasteiger charge is -2.37. The number of anilines is 2. The van der Waals surface area contributed by atoms with E-state index in [-0.39, 0.29) is 12.2 Å². The molecule has 0 radical (unpaired) electrons. The molecule has 2 aromatic rings. The molecule has 0 spiro atoms. The molecule has 0 aliphatic carbocycles. The predicted octanol–water partition coefficient (Wildman–Crippen LogP) is 2.40. The molecule has 7 nitrogen and oxygen atoms in total. The van der Waals surface area contributed by atoms with Crippen LogP contribution in [0.5, 0.6) is 0 Å². The first kappa shape index (κ1) is 20.0. The van der Waals surface area contributed by atoms with E-state index in [0.717, 1.165) is 81.7 Å². The summed E-state index contributed by atoms with van der Waals surface area (Å²) in [6, 6.07) is 8.22. The average Bonchev–Trinajstić information content (AvgIpc) is 3.21. The third-order valence-electron chi connectivity index (χ3n) is 6.46. The van der Waals surface area contributed by atoms with Crippen molar-refractivity contribution in [2.75, 3.05) is 68.8 Å². The Morgan fingerprint density at radius 1 is 0.867 bits per heavy atom. The molecule has 30 heavy (non-hydrogen) atoms. The second-order valence-corrected chi connectivity index (χ2v) is 9.04. The number of hydrogen-bond acceptors (Lipinski definition) is 7. The molecule has 1 aromatic carbocycles. The summed E-state index contributed by atoms with van der Waals surface area (Å²) in [7, 11) is 0. The summed E-state index contributed by atoms with van der Waals surface area (Å²) in [6.45, 7) is 13.1. The van der Waals surface area contributed by atoms with Crippen molar-refractivity contribution in [3.63, 3.8) is 0 Å². The monoisotopic (exact) mass is 411 g/mol. The van der Waals surface area contributed by atoms with Crippen LogP contribution in [0.15, 0.2) is 24.3 Å². The standard InChI is InChI=1S/C23H33N5O2/c1-17-13-28(14-18(2)30-17)23-22(24-20-5-3-4-6-21(20)25-23)27-8-7-19(16-27)15-26-9-11-29-12-10-26/h3-6,17-19H,7-16H2,1-2H3. The Bertz CT molecular complexity index is 862. The van der Waals surface area contributed by atoms with Crippen LogP contribution in [-0.4, -0.2) is 86.1 Å². The fourth-order valence-electron chi connectivity index (χ4n) is 5.08. The molecule has 3 saturated heterocycles. The van der Waals surface area contributed by atoms with Gasteiger partial charge in [-0.25, -0.2) is 9.97 Å². The summed E-state index contributed by atoms with van der Waals surface area (Å²) in [6.07, 6.45) is 1.60. The smallest absolute Gasteiger partial charge is 0.172 e. The Hall–Kier alpha value is -1.96. The van der Waals surface area contributed by atoms with Crippen LogP contribution in [0.3, 0.4) is 0 Å². The molecule has 0 bridgehead atoms. The summed E-state index contributed by atoms with van der Waals surface area (Å²) >= 11 is 0. The van der Waals surface area contributed by atoms with E-state index in [0.29, 0.717) is 5.92 Å². The van der Waals surface area contributed by atoms with Gasteiger partial charge in [0.25, 0.3) is 0 Å². The van der Waals surface area contributed by atoms with E-state index in [9.17, 15) is 0 Å². The average molecular weight is 412 g/mol. The van der Waals surface area contributed by atoms with Gasteiger partial charge in [-0.2, -0.15) is 0 Å². The summed E-state index contributed by atoms with van der Waals surface area (Å²) in [4.78, 5) is 17.6. The molecule has 4 heterocycles. The van der Waals surface area contributed by atoms with E-state index in [2.05, 4.69) is 40.7 Å². The van der Waals surface area contributed by atoms with Gasteiger partial charge < -0.3 is 19.3 Å². The minimum absolute atomic E-state index is 0.197. The minimum Gasteiger partial charge on any atom is -0.379 e. The summed E-state index contributed by atoms with van der Waals surface area (Å²) < 4.78 is 11.5. The van der Waals surface area contributed by atoms with Gasteiger partial charge in [0.15, 0.2) is 11.6 Å². The second-order valence-electron chi connectivity index (χ2n) is 9.04. The molecule has 162 valence electrons. The number of ether oxygens (including phenoxy) is 2. The molecule has 3 fully saturated rings. The molecule has 3 atom stereocenters. The van der Waals surface area contributed by atoms with Gasteiger partial charge >= 0.3 is 0 Å². The van der Waals surface area contributed by atoms with Crippen molar-refractivity contribution in [3.05, 3.63) is 24.3 Å². The van der Waals surface area contributed by atoms with Crippen molar-refractivity contribution in [3.8, 4) is 0 Å². The van der Waals surface area contributed by atoms with Crippen molar-refractivity contribution in [1.82, 2.24) is 14.9 Å². The first-order valence-corrected chi connectivity index (χ1v) is 11.4. The van der Waals surface area contributed by atoms with E-state index in [1.54, 1.807) is 0 Å². The van der Waals surface area contributed by atoms with Gasteiger partial charge in [0.1, 0.15) is 0 Å². The van der Waals surface area contributed by atoms with Crippen LogP contribution in [0.1, 0.15) is 20.3 Å². The quantitative estimate of drug-likeness (QED) is 0.766. The zero-order chi connectivity index (χ0) is 20.5. The van der Waals surface area contributed by atoms with Crippen molar-refractivity contribution < 1.29 is 9.47 Å². The Morgan fingerprint density at radius 3 is 2.17 bits per heavy atom. The highest BCUT2D eigenvalue weighted by atomic mass is 16.5. The van der Waals surface area contributed by atoms with Crippen LogP contribution in [-0.2, 0) is 9.47 Å². The lowest BCUT2D eigenvalue weighted by atomic mass is 10.1. The van der Waals surface area contributed by atoms with Crippen LogP contribution < -0.4 is 9.80 Å². The van der Waals surface area contributed by atoms with Crippen molar-refractivity contribution >= 4 is 22.7 Å². The topological polar surface area (TPSA) is 54.0 Å². The van der Waals surface area contributed by atoms with Crippen LogP contribution >= 0.6 is 0 Å². The molecule has 3 unspecified atom stereocenters. The Morgan fingerprint density at radius 2 is 1.50 bits per heavy atom. The highest BCUT2D eigenvalue weighted by molar-refractivity contribution is 5.81. The number of para-hydroxylation sites is 2. The van der Waals surface area contributed by atoms with Crippen molar-refractivity contribution in [2.45, 2.75) is 32.5 Å². The van der Waals surface area contributed by atoms with Crippen LogP contribution in [0.4, 0.5) is 11.6 Å². The maximum atomic E-state index is 5.97. The van der Waals surface area contributed by atoms with Gasteiger partial charge in [0.05, 0.1) is 36.5 Å². The van der Waals surface area contributed by atoms with E-state index in [4.69, 9.17) is 19.4 Å². The van der Waals surface area contributed by atoms with Crippen LogP contribution in [0.25, 0.3) is 11.0 Å². The maximum absolute atomic E-state index is 5.97. The third kappa shape index (κ3) is 4.24. The zero-order valence-corrected chi connectivity index (χ0v) is 18.2. The lowest BCUT2D eigenvalue weighted by Crippen LogP contribution is -2.46. The minimum atomic E-state index is 0.197.